The number of aromatic carboxylic acids is 1. The molecule has 5 heteroatoms. The van der Waals surface area contributed by atoms with Gasteiger partial charge in [-0.1, -0.05) is 42.5 Å². The zero-order chi connectivity index (χ0) is 23.4. The van der Waals surface area contributed by atoms with E-state index in [1.54, 1.807) is 6.07 Å². The lowest BCUT2D eigenvalue weighted by atomic mass is 9.94. The van der Waals surface area contributed by atoms with Gasteiger partial charge in [-0.15, -0.1) is 0 Å². The van der Waals surface area contributed by atoms with Gasteiger partial charge in [0.2, 0.25) is 0 Å². The second kappa shape index (κ2) is 9.84. The molecule has 1 atom stereocenters. The molecule has 0 aliphatic heterocycles. The van der Waals surface area contributed by atoms with E-state index in [0.717, 1.165) is 33.2 Å². The summed E-state index contributed by atoms with van der Waals surface area (Å²) in [6.45, 7) is 5.31. The predicted octanol–water partition coefficient (Wildman–Crippen LogP) is 6.59. The monoisotopic (exact) mass is 443 g/mol. The van der Waals surface area contributed by atoms with E-state index in [1.807, 2.05) is 55.5 Å². The summed E-state index contributed by atoms with van der Waals surface area (Å²) in [7, 11) is 0. The normalized spacial score (nSPS) is 12.0. The molecule has 0 amide bonds. The minimum absolute atomic E-state index is 0.102. The van der Waals surface area contributed by atoms with Crippen LogP contribution in [0.3, 0.4) is 0 Å². The fourth-order valence-electron chi connectivity index (χ4n) is 4.00. The molecule has 4 nitrogen and oxygen atoms in total. The van der Waals surface area contributed by atoms with Crippen LogP contribution in [-0.2, 0) is 6.54 Å². The molecule has 0 heterocycles. The third kappa shape index (κ3) is 5.04. The van der Waals surface area contributed by atoms with Crippen LogP contribution in [0.4, 0.5) is 4.39 Å². The number of rotatable bonds is 8. The van der Waals surface area contributed by atoms with E-state index < -0.39 is 11.8 Å². The standard InChI is InChI=1S/C28H26FNO3/c1-3-33-23-9-6-8-20(15-23)18(2)30-17-19-13-21-7-4-5-10-24(21)25(14-19)22-11-12-27(29)26(16-22)28(31)32/h4-16,18,30H,3,17H2,1-2H3,(H,31,32)/t18-/m1/s1. The van der Waals surface area contributed by atoms with Crippen LogP contribution in [0, 0.1) is 5.82 Å². The van der Waals surface area contributed by atoms with Crippen molar-refractivity contribution in [3.63, 3.8) is 0 Å². The summed E-state index contributed by atoms with van der Waals surface area (Å²) in [5, 5.41) is 14.9. The highest BCUT2D eigenvalue weighted by atomic mass is 19.1. The molecule has 4 aromatic carbocycles. The average molecular weight is 444 g/mol. The van der Waals surface area contributed by atoms with Crippen molar-refractivity contribution in [2.24, 2.45) is 0 Å². The van der Waals surface area contributed by atoms with Gasteiger partial charge in [-0.05, 0) is 83.3 Å². The van der Waals surface area contributed by atoms with E-state index in [9.17, 15) is 14.3 Å². The van der Waals surface area contributed by atoms with Gasteiger partial charge in [0.05, 0.1) is 12.2 Å². The first-order valence-electron chi connectivity index (χ1n) is 11.0. The van der Waals surface area contributed by atoms with Crippen LogP contribution < -0.4 is 10.1 Å². The smallest absolute Gasteiger partial charge is 0.338 e. The van der Waals surface area contributed by atoms with E-state index in [4.69, 9.17) is 4.74 Å². The molecule has 0 bridgehead atoms. The zero-order valence-electron chi connectivity index (χ0n) is 18.6. The van der Waals surface area contributed by atoms with Gasteiger partial charge in [-0.3, -0.25) is 0 Å². The highest BCUT2D eigenvalue weighted by molar-refractivity contribution is 5.98. The first kappa shape index (κ1) is 22.5. The van der Waals surface area contributed by atoms with Gasteiger partial charge in [0.1, 0.15) is 11.6 Å². The largest absolute Gasteiger partial charge is 0.494 e. The summed E-state index contributed by atoms with van der Waals surface area (Å²) >= 11 is 0. The molecule has 0 spiro atoms. The molecule has 0 fully saturated rings. The lowest BCUT2D eigenvalue weighted by Crippen LogP contribution is -2.18. The van der Waals surface area contributed by atoms with Crippen molar-refractivity contribution in [1.29, 1.82) is 0 Å². The number of benzene rings is 4. The molecule has 0 radical (unpaired) electrons. The van der Waals surface area contributed by atoms with Crippen LogP contribution in [0.5, 0.6) is 5.75 Å². The first-order valence-corrected chi connectivity index (χ1v) is 11.0. The lowest BCUT2D eigenvalue weighted by molar-refractivity contribution is 0.0692. The number of hydrogen-bond donors (Lipinski definition) is 2. The van der Waals surface area contributed by atoms with E-state index >= 15 is 0 Å². The SMILES string of the molecule is CCOc1cccc([C@@H](C)NCc2cc(-c3ccc(F)c(C(=O)O)c3)c3ccccc3c2)c1. The lowest BCUT2D eigenvalue weighted by Gasteiger charge is -2.17. The Hall–Kier alpha value is -3.70. The molecule has 168 valence electrons. The Balaban J connectivity index is 1.65. The van der Waals surface area contributed by atoms with Gasteiger partial charge >= 0.3 is 5.97 Å². The summed E-state index contributed by atoms with van der Waals surface area (Å²) in [6, 6.07) is 24.5. The summed E-state index contributed by atoms with van der Waals surface area (Å²) in [5.41, 5.74) is 3.40. The van der Waals surface area contributed by atoms with Crippen molar-refractivity contribution >= 4 is 16.7 Å². The average Bonchev–Trinajstić information content (AvgIpc) is 2.82. The molecular weight excluding hydrogens is 417 g/mol. The fraction of sp³-hybridized carbons (Fsp3) is 0.179. The number of fused-ring (bicyclic) bond motifs is 1. The quantitative estimate of drug-likeness (QED) is 0.322. The van der Waals surface area contributed by atoms with Gasteiger partial charge in [0, 0.05) is 12.6 Å². The van der Waals surface area contributed by atoms with Crippen molar-refractivity contribution in [3.05, 3.63) is 101 Å². The summed E-state index contributed by atoms with van der Waals surface area (Å²) < 4.78 is 19.6. The number of halogens is 1. The number of carboxylic acid groups (broad SMARTS) is 1. The molecule has 33 heavy (non-hydrogen) atoms. The van der Waals surface area contributed by atoms with Gasteiger partial charge in [-0.25, -0.2) is 9.18 Å². The number of nitrogens with one attached hydrogen (secondary N) is 1. The maximum absolute atomic E-state index is 14.0. The number of carboxylic acids is 1. The second-order valence-electron chi connectivity index (χ2n) is 7.97. The van der Waals surface area contributed by atoms with Crippen molar-refractivity contribution < 1.29 is 19.0 Å². The molecule has 0 saturated carbocycles. The number of hydrogen-bond acceptors (Lipinski definition) is 3. The Labute approximate surface area is 192 Å². The highest BCUT2D eigenvalue weighted by Crippen LogP contribution is 2.32. The number of ether oxygens (including phenoxy) is 1. The van der Waals surface area contributed by atoms with Crippen molar-refractivity contribution in [1.82, 2.24) is 5.32 Å². The van der Waals surface area contributed by atoms with Gasteiger partial charge in [0.15, 0.2) is 0 Å². The van der Waals surface area contributed by atoms with Crippen LogP contribution in [0.15, 0.2) is 78.9 Å². The summed E-state index contributed by atoms with van der Waals surface area (Å²) in [4.78, 5) is 11.5. The van der Waals surface area contributed by atoms with Crippen LogP contribution in [0.2, 0.25) is 0 Å². The Morgan fingerprint density at radius 2 is 1.85 bits per heavy atom. The molecule has 4 aromatic rings. The summed E-state index contributed by atoms with van der Waals surface area (Å²) in [5.74, 6) is -1.17. The zero-order valence-corrected chi connectivity index (χ0v) is 18.6. The topological polar surface area (TPSA) is 58.6 Å². The molecular formula is C28H26FNO3. The fourth-order valence-corrected chi connectivity index (χ4v) is 4.00. The minimum Gasteiger partial charge on any atom is -0.494 e. The molecule has 4 rings (SSSR count). The van der Waals surface area contributed by atoms with Crippen LogP contribution in [0.25, 0.3) is 21.9 Å². The Kier molecular flexibility index (Phi) is 6.71. The Bertz CT molecular complexity index is 1300. The highest BCUT2D eigenvalue weighted by Gasteiger charge is 2.14. The van der Waals surface area contributed by atoms with Crippen molar-refractivity contribution in [2.45, 2.75) is 26.4 Å². The summed E-state index contributed by atoms with van der Waals surface area (Å²) in [6.07, 6.45) is 0. The Morgan fingerprint density at radius 1 is 1.03 bits per heavy atom. The third-order valence-electron chi connectivity index (χ3n) is 5.71. The molecule has 0 aromatic heterocycles. The van der Waals surface area contributed by atoms with Crippen LogP contribution >= 0.6 is 0 Å². The van der Waals surface area contributed by atoms with Crippen molar-refractivity contribution in [2.75, 3.05) is 6.61 Å². The van der Waals surface area contributed by atoms with Gasteiger partial charge < -0.3 is 15.2 Å². The molecule has 0 unspecified atom stereocenters. The molecule has 2 N–H and O–H groups in total. The maximum Gasteiger partial charge on any atom is 0.338 e. The molecule has 0 aliphatic rings. The van der Waals surface area contributed by atoms with Crippen molar-refractivity contribution in [3.8, 4) is 16.9 Å². The third-order valence-corrected chi connectivity index (χ3v) is 5.71. The first-order chi connectivity index (χ1) is 16.0. The van der Waals surface area contributed by atoms with Gasteiger partial charge in [0.25, 0.3) is 0 Å². The Morgan fingerprint density at radius 3 is 2.64 bits per heavy atom. The van der Waals surface area contributed by atoms with E-state index in [0.29, 0.717) is 18.7 Å². The minimum atomic E-state index is -1.28. The van der Waals surface area contributed by atoms with E-state index in [1.165, 1.54) is 12.1 Å². The number of carbonyl (C=O) groups is 1. The van der Waals surface area contributed by atoms with E-state index in [-0.39, 0.29) is 11.6 Å². The predicted molar refractivity (Wildman–Crippen MR) is 129 cm³/mol. The second-order valence-corrected chi connectivity index (χ2v) is 7.97. The van der Waals surface area contributed by atoms with Crippen LogP contribution in [0.1, 0.15) is 41.4 Å². The van der Waals surface area contributed by atoms with Crippen LogP contribution in [-0.4, -0.2) is 17.7 Å². The molecule has 0 aliphatic carbocycles. The van der Waals surface area contributed by atoms with Gasteiger partial charge in [-0.2, -0.15) is 0 Å². The molecule has 0 saturated heterocycles. The van der Waals surface area contributed by atoms with E-state index in [2.05, 4.69) is 24.4 Å². The maximum atomic E-state index is 14.0.